The predicted octanol–water partition coefficient (Wildman–Crippen LogP) is 4.57. The standard InChI is InChI=1S/C21H17FN2O5/c1-28-16-10-11-18(19(12-16)24(26)27)23-21(25)17-4-2-3-5-20(17)29-13-14-6-8-15(22)9-7-14/h2-12H,13H2,1H3,(H,23,25). The second-order valence-corrected chi connectivity index (χ2v) is 6.01. The van der Waals surface area contributed by atoms with Crippen LogP contribution in [0.3, 0.4) is 0 Å². The zero-order valence-corrected chi connectivity index (χ0v) is 15.4. The van der Waals surface area contributed by atoms with Crippen molar-refractivity contribution in [1.29, 1.82) is 0 Å². The molecule has 3 rings (SSSR count). The molecule has 0 unspecified atom stereocenters. The number of methoxy groups -OCH3 is 1. The number of para-hydroxylation sites is 1. The van der Waals surface area contributed by atoms with E-state index in [4.69, 9.17) is 9.47 Å². The summed E-state index contributed by atoms with van der Waals surface area (Å²) < 4.78 is 23.7. The summed E-state index contributed by atoms with van der Waals surface area (Å²) in [4.78, 5) is 23.4. The number of carbonyl (C=O) groups excluding carboxylic acids is 1. The lowest BCUT2D eigenvalue weighted by Gasteiger charge is -2.12. The second-order valence-electron chi connectivity index (χ2n) is 6.01. The summed E-state index contributed by atoms with van der Waals surface area (Å²) in [7, 11) is 1.39. The van der Waals surface area contributed by atoms with E-state index < -0.39 is 10.8 Å². The highest BCUT2D eigenvalue weighted by Gasteiger charge is 2.20. The maximum Gasteiger partial charge on any atom is 0.296 e. The van der Waals surface area contributed by atoms with Crippen LogP contribution in [-0.4, -0.2) is 17.9 Å². The van der Waals surface area contributed by atoms with Crippen molar-refractivity contribution >= 4 is 17.3 Å². The molecule has 1 N–H and O–H groups in total. The maximum atomic E-state index is 13.0. The zero-order valence-electron chi connectivity index (χ0n) is 15.4. The summed E-state index contributed by atoms with van der Waals surface area (Å²) in [5.74, 6) is -0.314. The van der Waals surface area contributed by atoms with Crippen LogP contribution in [-0.2, 0) is 6.61 Å². The number of anilines is 1. The van der Waals surface area contributed by atoms with Crippen LogP contribution >= 0.6 is 0 Å². The van der Waals surface area contributed by atoms with Crippen molar-refractivity contribution in [3.8, 4) is 11.5 Å². The molecule has 0 atom stereocenters. The Bertz CT molecular complexity index is 1040. The SMILES string of the molecule is COc1ccc(NC(=O)c2ccccc2OCc2ccc(F)cc2)c([N+](=O)[O-])c1. The van der Waals surface area contributed by atoms with Crippen molar-refractivity contribution in [1.82, 2.24) is 0 Å². The summed E-state index contributed by atoms with van der Waals surface area (Å²) in [6, 6.07) is 16.5. The summed E-state index contributed by atoms with van der Waals surface area (Å²) in [6.07, 6.45) is 0. The number of nitrogens with one attached hydrogen (secondary N) is 1. The van der Waals surface area contributed by atoms with Crippen LogP contribution in [0.15, 0.2) is 66.7 Å². The molecule has 3 aromatic carbocycles. The molecule has 0 aliphatic heterocycles. The molecule has 0 spiro atoms. The van der Waals surface area contributed by atoms with Gasteiger partial charge in [-0.05, 0) is 42.0 Å². The van der Waals surface area contributed by atoms with E-state index >= 15 is 0 Å². The molecular weight excluding hydrogens is 379 g/mol. The van der Waals surface area contributed by atoms with E-state index in [1.807, 2.05) is 0 Å². The molecule has 1 amide bonds. The number of ether oxygens (including phenoxy) is 2. The van der Waals surface area contributed by atoms with E-state index in [1.165, 1.54) is 37.4 Å². The third-order valence-electron chi connectivity index (χ3n) is 4.09. The molecule has 3 aromatic rings. The Kier molecular flexibility index (Phi) is 6.03. The summed E-state index contributed by atoms with van der Waals surface area (Å²) in [5, 5.41) is 13.8. The minimum absolute atomic E-state index is 0.0362. The summed E-state index contributed by atoms with van der Waals surface area (Å²) in [5.41, 5.74) is 0.684. The fourth-order valence-electron chi connectivity index (χ4n) is 2.61. The van der Waals surface area contributed by atoms with Gasteiger partial charge in [0, 0.05) is 0 Å². The van der Waals surface area contributed by atoms with Crippen molar-refractivity contribution in [3.05, 3.63) is 93.8 Å². The predicted molar refractivity (Wildman–Crippen MR) is 105 cm³/mol. The van der Waals surface area contributed by atoms with Gasteiger partial charge in [0.05, 0.1) is 23.7 Å². The molecule has 0 aliphatic carbocycles. The Morgan fingerprint density at radius 2 is 1.83 bits per heavy atom. The van der Waals surface area contributed by atoms with Crippen molar-refractivity contribution in [2.45, 2.75) is 6.61 Å². The molecule has 8 heteroatoms. The van der Waals surface area contributed by atoms with Gasteiger partial charge in [-0.2, -0.15) is 0 Å². The van der Waals surface area contributed by atoms with E-state index in [9.17, 15) is 19.3 Å². The smallest absolute Gasteiger partial charge is 0.296 e. The van der Waals surface area contributed by atoms with E-state index in [-0.39, 0.29) is 29.4 Å². The molecule has 0 saturated carbocycles. The molecule has 0 saturated heterocycles. The van der Waals surface area contributed by atoms with E-state index in [0.29, 0.717) is 11.5 Å². The summed E-state index contributed by atoms with van der Waals surface area (Å²) >= 11 is 0. The van der Waals surface area contributed by atoms with Crippen molar-refractivity contribution in [2.75, 3.05) is 12.4 Å². The molecule has 0 aliphatic rings. The van der Waals surface area contributed by atoms with Gasteiger partial charge < -0.3 is 14.8 Å². The first-order chi connectivity index (χ1) is 14.0. The Balaban J connectivity index is 1.80. The fourth-order valence-corrected chi connectivity index (χ4v) is 2.61. The number of rotatable bonds is 7. The molecule has 148 valence electrons. The third-order valence-corrected chi connectivity index (χ3v) is 4.09. The number of hydrogen-bond donors (Lipinski definition) is 1. The highest BCUT2D eigenvalue weighted by Crippen LogP contribution is 2.30. The molecule has 0 bridgehead atoms. The molecule has 0 fully saturated rings. The summed E-state index contributed by atoms with van der Waals surface area (Å²) in [6.45, 7) is 0.132. The average Bonchev–Trinajstić information content (AvgIpc) is 2.73. The lowest BCUT2D eigenvalue weighted by Crippen LogP contribution is -2.14. The maximum absolute atomic E-state index is 13.0. The first kappa shape index (κ1) is 19.8. The van der Waals surface area contributed by atoms with E-state index in [1.54, 1.807) is 36.4 Å². The minimum atomic E-state index is -0.602. The molecule has 0 heterocycles. The largest absolute Gasteiger partial charge is 0.496 e. The van der Waals surface area contributed by atoms with Crippen LogP contribution in [0.1, 0.15) is 15.9 Å². The molecular formula is C21H17FN2O5. The number of hydrogen-bond acceptors (Lipinski definition) is 5. The van der Waals surface area contributed by atoms with Crippen LogP contribution in [0.2, 0.25) is 0 Å². The van der Waals surface area contributed by atoms with Crippen molar-refractivity contribution in [3.63, 3.8) is 0 Å². The lowest BCUT2D eigenvalue weighted by atomic mass is 10.1. The van der Waals surface area contributed by atoms with E-state index in [2.05, 4.69) is 5.32 Å². The normalized spacial score (nSPS) is 10.3. The first-order valence-corrected chi connectivity index (χ1v) is 8.58. The van der Waals surface area contributed by atoms with Crippen molar-refractivity contribution < 1.29 is 23.6 Å². The van der Waals surface area contributed by atoms with Gasteiger partial charge in [-0.15, -0.1) is 0 Å². The van der Waals surface area contributed by atoms with Crippen LogP contribution in [0.4, 0.5) is 15.8 Å². The molecule has 0 radical (unpaired) electrons. The van der Waals surface area contributed by atoms with Gasteiger partial charge in [0.1, 0.15) is 29.6 Å². The fraction of sp³-hybridized carbons (Fsp3) is 0.0952. The van der Waals surface area contributed by atoms with Gasteiger partial charge in [-0.25, -0.2) is 4.39 Å². The highest BCUT2D eigenvalue weighted by atomic mass is 19.1. The lowest BCUT2D eigenvalue weighted by molar-refractivity contribution is -0.384. The number of benzene rings is 3. The molecule has 7 nitrogen and oxygen atoms in total. The Morgan fingerprint density at radius 3 is 2.52 bits per heavy atom. The number of nitrogens with zero attached hydrogens (tertiary/aromatic N) is 1. The number of halogens is 1. The van der Waals surface area contributed by atoms with Crippen LogP contribution in [0, 0.1) is 15.9 Å². The second kappa shape index (κ2) is 8.83. The number of amides is 1. The number of carbonyl (C=O) groups is 1. The topological polar surface area (TPSA) is 90.7 Å². The Morgan fingerprint density at radius 1 is 1.10 bits per heavy atom. The quantitative estimate of drug-likeness (QED) is 0.466. The van der Waals surface area contributed by atoms with Crippen molar-refractivity contribution in [2.24, 2.45) is 0 Å². The number of nitro groups is 1. The monoisotopic (exact) mass is 396 g/mol. The van der Waals surface area contributed by atoms with Gasteiger partial charge >= 0.3 is 0 Å². The van der Waals surface area contributed by atoms with Gasteiger partial charge in [0.2, 0.25) is 0 Å². The van der Waals surface area contributed by atoms with Gasteiger partial charge in [0.25, 0.3) is 11.6 Å². The highest BCUT2D eigenvalue weighted by molar-refractivity contribution is 6.07. The van der Waals surface area contributed by atoms with Crippen LogP contribution in [0.5, 0.6) is 11.5 Å². The number of nitro benzene ring substituents is 1. The minimum Gasteiger partial charge on any atom is -0.496 e. The first-order valence-electron chi connectivity index (χ1n) is 8.58. The Labute approximate surface area is 165 Å². The zero-order chi connectivity index (χ0) is 20.8. The molecule has 0 aromatic heterocycles. The van der Waals surface area contributed by atoms with Crippen LogP contribution in [0.25, 0.3) is 0 Å². The Hall–Kier alpha value is -3.94. The van der Waals surface area contributed by atoms with Gasteiger partial charge in [-0.3, -0.25) is 14.9 Å². The van der Waals surface area contributed by atoms with Crippen LogP contribution < -0.4 is 14.8 Å². The third kappa shape index (κ3) is 4.86. The van der Waals surface area contributed by atoms with Gasteiger partial charge in [-0.1, -0.05) is 24.3 Å². The molecule has 29 heavy (non-hydrogen) atoms. The van der Waals surface area contributed by atoms with Gasteiger partial charge in [0.15, 0.2) is 0 Å². The average molecular weight is 396 g/mol. The van der Waals surface area contributed by atoms with E-state index in [0.717, 1.165) is 5.56 Å².